The van der Waals surface area contributed by atoms with E-state index in [1.165, 1.54) is 25.7 Å². The fraction of sp³-hybridized carbons (Fsp3) is 1.00. The van der Waals surface area contributed by atoms with E-state index in [0.29, 0.717) is 6.10 Å². The minimum Gasteiger partial charge on any atom is -0.378 e. The summed E-state index contributed by atoms with van der Waals surface area (Å²) in [5.74, 6) is 0.844. The van der Waals surface area contributed by atoms with E-state index < -0.39 is 0 Å². The van der Waals surface area contributed by atoms with E-state index in [-0.39, 0.29) is 0 Å². The molecule has 2 nitrogen and oxygen atoms in total. The molecule has 11 heavy (non-hydrogen) atoms. The second kappa shape index (κ2) is 4.73. The smallest absolute Gasteiger partial charge is 0.0577 e. The van der Waals surface area contributed by atoms with E-state index in [1.807, 2.05) is 0 Å². The van der Waals surface area contributed by atoms with Crippen molar-refractivity contribution in [2.45, 2.75) is 38.7 Å². The third-order valence-electron chi connectivity index (χ3n) is 2.47. The van der Waals surface area contributed by atoms with Crippen molar-refractivity contribution in [3.05, 3.63) is 0 Å². The van der Waals surface area contributed by atoms with E-state index in [4.69, 9.17) is 10.5 Å². The van der Waals surface area contributed by atoms with Gasteiger partial charge in [0.2, 0.25) is 0 Å². The molecule has 0 heterocycles. The van der Waals surface area contributed by atoms with Crippen LogP contribution in [0.1, 0.15) is 32.6 Å². The van der Waals surface area contributed by atoms with Crippen LogP contribution in [0, 0.1) is 5.92 Å². The second-order valence-corrected chi connectivity index (χ2v) is 3.33. The Kier molecular flexibility index (Phi) is 3.87. The fourth-order valence-corrected chi connectivity index (χ4v) is 1.91. The Morgan fingerprint density at radius 1 is 1.45 bits per heavy atom. The van der Waals surface area contributed by atoms with E-state index in [0.717, 1.165) is 19.1 Å². The predicted molar refractivity (Wildman–Crippen MR) is 46.4 cm³/mol. The van der Waals surface area contributed by atoms with Crippen molar-refractivity contribution in [2.75, 3.05) is 13.2 Å². The highest BCUT2D eigenvalue weighted by Crippen LogP contribution is 2.29. The molecule has 0 radical (unpaired) electrons. The van der Waals surface area contributed by atoms with Crippen molar-refractivity contribution in [2.24, 2.45) is 11.7 Å². The lowest BCUT2D eigenvalue weighted by Crippen LogP contribution is -2.10. The normalized spacial score (nSPS) is 31.1. The van der Waals surface area contributed by atoms with Crippen LogP contribution in [0.2, 0.25) is 0 Å². The zero-order valence-electron chi connectivity index (χ0n) is 7.38. The van der Waals surface area contributed by atoms with Crippen LogP contribution in [0.4, 0.5) is 0 Å². The minimum absolute atomic E-state index is 0.538. The van der Waals surface area contributed by atoms with Crippen LogP contribution < -0.4 is 5.73 Å². The summed E-state index contributed by atoms with van der Waals surface area (Å²) in [5.41, 5.74) is 5.49. The van der Waals surface area contributed by atoms with Crippen LogP contribution in [0.15, 0.2) is 0 Å². The molecular weight excluding hydrogens is 138 g/mol. The van der Waals surface area contributed by atoms with Gasteiger partial charge in [-0.3, -0.25) is 0 Å². The van der Waals surface area contributed by atoms with E-state index >= 15 is 0 Å². The Morgan fingerprint density at radius 3 is 2.91 bits per heavy atom. The topological polar surface area (TPSA) is 35.2 Å². The third-order valence-corrected chi connectivity index (χ3v) is 2.47. The van der Waals surface area contributed by atoms with Gasteiger partial charge in [-0.2, -0.15) is 0 Å². The van der Waals surface area contributed by atoms with Crippen LogP contribution in [0.3, 0.4) is 0 Å². The first-order valence-electron chi connectivity index (χ1n) is 4.68. The lowest BCUT2D eigenvalue weighted by Gasteiger charge is -2.09. The van der Waals surface area contributed by atoms with Crippen LogP contribution >= 0.6 is 0 Å². The number of hydrogen-bond acceptors (Lipinski definition) is 2. The molecule has 2 atom stereocenters. The Balaban J connectivity index is 2.12. The summed E-state index contributed by atoms with van der Waals surface area (Å²) >= 11 is 0. The SMILES string of the molecule is CCOC1CCC(CCN)C1. The summed E-state index contributed by atoms with van der Waals surface area (Å²) in [6.45, 7) is 3.76. The molecule has 1 saturated carbocycles. The molecule has 1 rings (SSSR count). The number of ether oxygens (including phenoxy) is 1. The van der Waals surface area contributed by atoms with E-state index in [2.05, 4.69) is 6.92 Å². The Labute approximate surface area is 69.1 Å². The molecule has 0 aromatic rings. The first-order chi connectivity index (χ1) is 5.36. The summed E-state index contributed by atoms with van der Waals surface area (Å²) in [6.07, 6.45) is 5.53. The van der Waals surface area contributed by atoms with Gasteiger partial charge in [-0.25, -0.2) is 0 Å². The lowest BCUT2D eigenvalue weighted by molar-refractivity contribution is 0.0652. The molecule has 2 unspecified atom stereocenters. The molecule has 0 aliphatic heterocycles. The highest BCUT2D eigenvalue weighted by atomic mass is 16.5. The van der Waals surface area contributed by atoms with Gasteiger partial charge in [0.1, 0.15) is 0 Å². The third kappa shape index (κ3) is 2.80. The molecule has 0 bridgehead atoms. The zero-order valence-corrected chi connectivity index (χ0v) is 7.38. The molecular formula is C9H19NO. The molecule has 2 N–H and O–H groups in total. The quantitative estimate of drug-likeness (QED) is 0.672. The van der Waals surface area contributed by atoms with Gasteiger partial charge in [-0.05, 0) is 45.1 Å². The van der Waals surface area contributed by atoms with Gasteiger partial charge >= 0.3 is 0 Å². The molecule has 2 heteroatoms. The maximum absolute atomic E-state index is 5.54. The molecule has 0 spiro atoms. The molecule has 0 aromatic carbocycles. The van der Waals surface area contributed by atoms with Crippen molar-refractivity contribution in [1.82, 2.24) is 0 Å². The van der Waals surface area contributed by atoms with Crippen LogP contribution in [-0.2, 0) is 4.74 Å². The largest absolute Gasteiger partial charge is 0.378 e. The van der Waals surface area contributed by atoms with Gasteiger partial charge in [0.05, 0.1) is 6.10 Å². The average Bonchev–Trinajstić information content (AvgIpc) is 2.38. The van der Waals surface area contributed by atoms with Gasteiger partial charge in [0.15, 0.2) is 0 Å². The highest BCUT2D eigenvalue weighted by Gasteiger charge is 2.23. The molecule has 66 valence electrons. The van der Waals surface area contributed by atoms with Crippen molar-refractivity contribution in [3.8, 4) is 0 Å². The van der Waals surface area contributed by atoms with Gasteiger partial charge in [0.25, 0.3) is 0 Å². The molecule has 0 amide bonds. The minimum atomic E-state index is 0.538. The Morgan fingerprint density at radius 2 is 2.27 bits per heavy atom. The van der Waals surface area contributed by atoms with Gasteiger partial charge in [-0.1, -0.05) is 0 Å². The van der Waals surface area contributed by atoms with Crippen molar-refractivity contribution >= 4 is 0 Å². The number of rotatable bonds is 4. The summed E-state index contributed by atoms with van der Waals surface area (Å²) in [5, 5.41) is 0. The average molecular weight is 157 g/mol. The van der Waals surface area contributed by atoms with Crippen LogP contribution in [0.25, 0.3) is 0 Å². The summed E-state index contributed by atoms with van der Waals surface area (Å²) in [6, 6.07) is 0. The number of hydrogen-bond donors (Lipinski definition) is 1. The maximum atomic E-state index is 5.54. The maximum Gasteiger partial charge on any atom is 0.0577 e. The standard InChI is InChI=1S/C9H19NO/c1-2-11-9-4-3-8(7-9)5-6-10/h8-9H,2-7,10H2,1H3. The van der Waals surface area contributed by atoms with E-state index in [1.54, 1.807) is 0 Å². The Hall–Kier alpha value is -0.0800. The van der Waals surface area contributed by atoms with E-state index in [9.17, 15) is 0 Å². The molecule has 0 aromatic heterocycles. The molecule has 1 fully saturated rings. The molecule has 1 aliphatic rings. The Bertz CT molecular complexity index is 93.7. The first-order valence-corrected chi connectivity index (χ1v) is 4.68. The predicted octanol–water partition coefficient (Wildman–Crippen LogP) is 1.54. The molecule has 1 aliphatic carbocycles. The van der Waals surface area contributed by atoms with Gasteiger partial charge in [0, 0.05) is 6.61 Å². The first kappa shape index (κ1) is 9.01. The van der Waals surface area contributed by atoms with Gasteiger partial charge < -0.3 is 10.5 Å². The van der Waals surface area contributed by atoms with Crippen molar-refractivity contribution < 1.29 is 4.74 Å². The zero-order chi connectivity index (χ0) is 8.10. The fourth-order valence-electron chi connectivity index (χ4n) is 1.91. The number of nitrogens with two attached hydrogens (primary N) is 1. The van der Waals surface area contributed by atoms with Crippen LogP contribution in [0.5, 0.6) is 0 Å². The van der Waals surface area contributed by atoms with Crippen LogP contribution in [-0.4, -0.2) is 19.3 Å². The summed E-state index contributed by atoms with van der Waals surface area (Å²) in [4.78, 5) is 0. The van der Waals surface area contributed by atoms with Crippen molar-refractivity contribution in [1.29, 1.82) is 0 Å². The van der Waals surface area contributed by atoms with Gasteiger partial charge in [-0.15, -0.1) is 0 Å². The summed E-state index contributed by atoms with van der Waals surface area (Å²) in [7, 11) is 0. The monoisotopic (exact) mass is 157 g/mol. The highest BCUT2D eigenvalue weighted by molar-refractivity contribution is 4.75. The summed E-state index contributed by atoms with van der Waals surface area (Å²) < 4.78 is 5.54. The lowest BCUT2D eigenvalue weighted by atomic mass is 10.0. The molecule has 0 saturated heterocycles. The van der Waals surface area contributed by atoms with Crippen molar-refractivity contribution in [3.63, 3.8) is 0 Å². The second-order valence-electron chi connectivity index (χ2n) is 3.33.